The third-order valence-corrected chi connectivity index (χ3v) is 6.39. The zero-order valence-corrected chi connectivity index (χ0v) is 22.3. The lowest BCUT2D eigenvalue weighted by Crippen LogP contribution is -2.14. The van der Waals surface area contributed by atoms with E-state index in [1.54, 1.807) is 12.1 Å². The van der Waals surface area contributed by atoms with Crippen molar-refractivity contribution in [2.45, 2.75) is 13.5 Å². The van der Waals surface area contributed by atoms with Crippen LogP contribution in [0.1, 0.15) is 21.5 Å². The highest BCUT2D eigenvalue weighted by Crippen LogP contribution is 2.30. The van der Waals surface area contributed by atoms with Crippen molar-refractivity contribution in [2.24, 2.45) is 0 Å². The van der Waals surface area contributed by atoms with Crippen LogP contribution in [-0.2, 0) is 6.54 Å². The Kier molecular flexibility index (Phi) is 7.36. The lowest BCUT2D eigenvalue weighted by molar-refractivity contribution is 0.102. The largest absolute Gasteiger partial charge is 0.324 e. The molecule has 190 valence electrons. The molecule has 0 bridgehead atoms. The average molecular weight is 522 g/mol. The number of hydrogen-bond acceptors (Lipinski definition) is 5. The fourth-order valence-corrected chi connectivity index (χ4v) is 4.47. The minimum absolute atomic E-state index is 0.160. The molecule has 4 aromatic carbocycles. The number of fused-ring (bicyclic) bond motifs is 1. The monoisotopic (exact) mass is 521 g/mol. The molecule has 0 radical (unpaired) electrons. The predicted molar refractivity (Wildman–Crippen MR) is 156 cm³/mol. The number of halogens is 1. The van der Waals surface area contributed by atoms with E-state index in [0.717, 1.165) is 51.2 Å². The Morgan fingerprint density at radius 2 is 1.68 bits per heavy atom. The second-order valence-corrected chi connectivity index (χ2v) is 9.90. The minimum atomic E-state index is -0.160. The average Bonchev–Trinajstić information content (AvgIpc) is 2.90. The first kappa shape index (κ1) is 25.4. The summed E-state index contributed by atoms with van der Waals surface area (Å²) in [5, 5.41) is 7.91. The van der Waals surface area contributed by atoms with Crippen LogP contribution in [0.3, 0.4) is 0 Å². The van der Waals surface area contributed by atoms with E-state index in [1.807, 2.05) is 93.8 Å². The molecule has 0 atom stereocenters. The van der Waals surface area contributed by atoms with Gasteiger partial charge in [0.1, 0.15) is 0 Å². The quantitative estimate of drug-likeness (QED) is 0.235. The van der Waals surface area contributed by atoms with Crippen LogP contribution >= 0.6 is 11.6 Å². The fourth-order valence-electron chi connectivity index (χ4n) is 4.28. The first-order valence-electron chi connectivity index (χ1n) is 12.3. The minimum Gasteiger partial charge on any atom is -0.324 e. The second-order valence-electron chi connectivity index (χ2n) is 9.47. The van der Waals surface area contributed by atoms with Crippen molar-refractivity contribution in [1.82, 2.24) is 14.9 Å². The number of nitrogens with one attached hydrogen (secondary N) is 2. The van der Waals surface area contributed by atoms with Gasteiger partial charge in [0, 0.05) is 39.5 Å². The Morgan fingerprint density at radius 3 is 2.45 bits per heavy atom. The summed E-state index contributed by atoms with van der Waals surface area (Å²) in [4.78, 5) is 24.6. The second kappa shape index (κ2) is 11.0. The van der Waals surface area contributed by atoms with Crippen LogP contribution in [0, 0.1) is 6.92 Å². The Labute approximate surface area is 227 Å². The molecule has 0 fully saturated rings. The third kappa shape index (κ3) is 5.83. The van der Waals surface area contributed by atoms with E-state index in [2.05, 4.69) is 21.6 Å². The molecule has 0 aliphatic carbocycles. The van der Waals surface area contributed by atoms with Crippen molar-refractivity contribution in [3.63, 3.8) is 0 Å². The van der Waals surface area contributed by atoms with Crippen LogP contribution in [0.25, 0.3) is 22.2 Å². The van der Waals surface area contributed by atoms with Gasteiger partial charge in [-0.2, -0.15) is 0 Å². The number of anilines is 3. The fraction of sp³-hybridized carbons (Fsp3) is 0.129. The molecule has 6 nitrogen and oxygen atoms in total. The maximum atomic E-state index is 13.0. The van der Waals surface area contributed by atoms with Crippen molar-refractivity contribution in [2.75, 3.05) is 24.7 Å². The lowest BCUT2D eigenvalue weighted by atomic mass is 10.1. The number of para-hydroxylation sites is 1. The lowest BCUT2D eigenvalue weighted by Gasteiger charge is -2.14. The summed E-state index contributed by atoms with van der Waals surface area (Å²) in [6.07, 6.45) is 0. The zero-order valence-electron chi connectivity index (χ0n) is 21.5. The molecular formula is C31H28ClN5O. The number of carbonyl (C=O) groups excluding carboxylic acids is 1. The van der Waals surface area contributed by atoms with Crippen LogP contribution in [0.15, 0.2) is 91.0 Å². The van der Waals surface area contributed by atoms with Crippen LogP contribution in [-0.4, -0.2) is 34.9 Å². The zero-order chi connectivity index (χ0) is 26.6. The van der Waals surface area contributed by atoms with Gasteiger partial charge >= 0.3 is 0 Å². The number of nitrogens with zero attached hydrogens (tertiary/aromatic N) is 3. The number of benzene rings is 4. The molecule has 7 heteroatoms. The molecule has 1 aromatic heterocycles. The topological polar surface area (TPSA) is 70.2 Å². The van der Waals surface area contributed by atoms with Gasteiger partial charge < -0.3 is 15.5 Å². The van der Waals surface area contributed by atoms with E-state index < -0.39 is 0 Å². The Hall–Kier alpha value is -4.26. The van der Waals surface area contributed by atoms with Crippen molar-refractivity contribution >= 4 is 45.7 Å². The summed E-state index contributed by atoms with van der Waals surface area (Å²) in [6, 6.07) is 28.9. The van der Waals surface area contributed by atoms with Gasteiger partial charge in [-0.25, -0.2) is 9.97 Å². The molecule has 1 amide bonds. The summed E-state index contributed by atoms with van der Waals surface area (Å²) in [6.45, 7) is 2.79. The molecular weight excluding hydrogens is 494 g/mol. The molecule has 2 N–H and O–H groups in total. The van der Waals surface area contributed by atoms with E-state index in [-0.39, 0.29) is 5.91 Å². The number of aryl methyl sites for hydroxylation is 1. The molecule has 5 aromatic rings. The van der Waals surface area contributed by atoms with Crippen molar-refractivity contribution < 1.29 is 4.79 Å². The van der Waals surface area contributed by atoms with Gasteiger partial charge in [0.15, 0.2) is 0 Å². The summed E-state index contributed by atoms with van der Waals surface area (Å²) < 4.78 is 0. The Bertz CT molecular complexity index is 1620. The normalized spacial score (nSPS) is 11.1. The van der Waals surface area contributed by atoms with Gasteiger partial charge in [-0.1, -0.05) is 54.1 Å². The molecule has 0 spiro atoms. The molecule has 0 unspecified atom stereocenters. The van der Waals surface area contributed by atoms with Crippen LogP contribution in [0.5, 0.6) is 0 Å². The maximum Gasteiger partial charge on any atom is 0.255 e. The highest BCUT2D eigenvalue weighted by atomic mass is 35.5. The first-order chi connectivity index (χ1) is 18.4. The molecule has 0 aliphatic rings. The van der Waals surface area contributed by atoms with E-state index >= 15 is 0 Å². The van der Waals surface area contributed by atoms with E-state index in [4.69, 9.17) is 21.6 Å². The molecule has 0 saturated heterocycles. The van der Waals surface area contributed by atoms with Crippen molar-refractivity contribution in [1.29, 1.82) is 0 Å². The highest BCUT2D eigenvalue weighted by Gasteiger charge is 2.12. The summed E-state index contributed by atoms with van der Waals surface area (Å²) in [5.74, 6) is 0.302. The van der Waals surface area contributed by atoms with Gasteiger partial charge in [0.2, 0.25) is 5.95 Å². The summed E-state index contributed by atoms with van der Waals surface area (Å²) in [7, 11) is 4.05. The molecule has 38 heavy (non-hydrogen) atoms. The van der Waals surface area contributed by atoms with Crippen LogP contribution in [0.2, 0.25) is 5.02 Å². The van der Waals surface area contributed by atoms with E-state index in [1.165, 1.54) is 0 Å². The number of carbonyl (C=O) groups is 1. The number of rotatable bonds is 7. The predicted octanol–water partition coefficient (Wildman–Crippen LogP) is 7.32. The number of hydrogen-bond donors (Lipinski definition) is 2. The van der Waals surface area contributed by atoms with Crippen LogP contribution < -0.4 is 10.6 Å². The molecule has 1 heterocycles. The van der Waals surface area contributed by atoms with E-state index in [0.29, 0.717) is 16.5 Å². The molecule has 5 rings (SSSR count). The third-order valence-electron chi connectivity index (χ3n) is 6.15. The van der Waals surface area contributed by atoms with Gasteiger partial charge in [-0.15, -0.1) is 0 Å². The van der Waals surface area contributed by atoms with Gasteiger partial charge in [-0.3, -0.25) is 4.79 Å². The Balaban J connectivity index is 1.36. The first-order valence-corrected chi connectivity index (χ1v) is 12.7. The SMILES string of the molecule is Cc1ccc(CN(C)C)cc1NC(=O)c1ccc(Nc2nc(-c3cccc(Cl)c3)c3ccccc3n2)cc1. The smallest absolute Gasteiger partial charge is 0.255 e. The maximum absolute atomic E-state index is 13.0. The number of aromatic nitrogens is 2. The van der Waals surface area contributed by atoms with Gasteiger partial charge in [-0.05, 0) is 80.7 Å². The molecule has 0 saturated carbocycles. The van der Waals surface area contributed by atoms with Gasteiger partial charge in [0.05, 0.1) is 11.2 Å². The Morgan fingerprint density at radius 1 is 0.895 bits per heavy atom. The van der Waals surface area contributed by atoms with Crippen molar-refractivity contribution in [3.8, 4) is 11.3 Å². The van der Waals surface area contributed by atoms with Gasteiger partial charge in [0.25, 0.3) is 5.91 Å². The molecule has 0 aliphatic heterocycles. The van der Waals surface area contributed by atoms with Crippen molar-refractivity contribution in [3.05, 3.63) is 113 Å². The summed E-state index contributed by atoms with van der Waals surface area (Å²) >= 11 is 6.25. The summed E-state index contributed by atoms with van der Waals surface area (Å²) in [5.41, 5.74) is 6.84. The highest BCUT2D eigenvalue weighted by molar-refractivity contribution is 6.30. The standard InChI is InChI=1S/C31H28ClN5O/c1-20-11-12-21(19-37(2)3)17-28(20)34-30(38)22-13-15-25(16-14-22)33-31-35-27-10-5-4-9-26(27)29(36-31)23-7-6-8-24(32)18-23/h4-18H,19H2,1-3H3,(H,34,38)(H,33,35,36). The number of amides is 1. The van der Waals surface area contributed by atoms with E-state index in [9.17, 15) is 4.79 Å². The van der Waals surface area contributed by atoms with Crippen LogP contribution in [0.4, 0.5) is 17.3 Å².